The molecule has 3 nitrogen and oxygen atoms in total. The average molecular weight is 198 g/mol. The maximum Gasteiger partial charge on any atom is 0.141 e. The van der Waals surface area contributed by atoms with Crippen LogP contribution in [0.25, 0.3) is 0 Å². The summed E-state index contributed by atoms with van der Waals surface area (Å²) in [5.74, 6) is 0.264. The number of rotatable bonds is 4. The van der Waals surface area contributed by atoms with Crippen LogP contribution >= 0.6 is 0 Å². The molecule has 0 radical (unpaired) electrons. The molecule has 78 valence electrons. The Morgan fingerprint density at radius 1 is 1.50 bits per heavy atom. The van der Waals surface area contributed by atoms with Crippen LogP contribution in [-0.4, -0.2) is 22.2 Å². The molecular weight excluding hydrogens is 183 g/mol. The van der Waals surface area contributed by atoms with Crippen molar-refractivity contribution in [1.29, 1.82) is 0 Å². The summed E-state index contributed by atoms with van der Waals surface area (Å²) in [7, 11) is 0. The number of hydrogen-bond donors (Lipinski definition) is 2. The van der Waals surface area contributed by atoms with Gasteiger partial charge in [-0.2, -0.15) is 0 Å². The van der Waals surface area contributed by atoms with Crippen LogP contribution in [0.2, 0.25) is 0 Å². The topological polar surface area (TPSA) is 45.1 Å². The Bertz CT molecular complexity index is 285. The molecule has 0 unspecified atom stereocenters. The number of aliphatic hydroxyl groups is 1. The highest BCUT2D eigenvalue weighted by Gasteiger charge is 2.16. The number of halogens is 1. The third kappa shape index (κ3) is 3.30. The summed E-state index contributed by atoms with van der Waals surface area (Å²) in [5, 5.41) is 11.9. The van der Waals surface area contributed by atoms with Crippen molar-refractivity contribution in [2.75, 3.05) is 11.9 Å². The standard InChI is InChI=1S/C10H15FN2O/c1-10(2,5-6-14)13-9-4-3-8(11)7-12-9/h3-4,7,14H,5-6H2,1-2H3,(H,12,13). The molecule has 4 heteroatoms. The van der Waals surface area contributed by atoms with E-state index in [0.29, 0.717) is 12.2 Å². The highest BCUT2D eigenvalue weighted by Crippen LogP contribution is 2.15. The molecule has 0 saturated carbocycles. The van der Waals surface area contributed by atoms with Gasteiger partial charge in [-0.3, -0.25) is 0 Å². The van der Waals surface area contributed by atoms with Crippen LogP contribution in [0, 0.1) is 5.82 Å². The molecule has 0 fully saturated rings. The van der Waals surface area contributed by atoms with Gasteiger partial charge in [0.25, 0.3) is 0 Å². The maximum atomic E-state index is 12.5. The molecule has 1 rings (SSSR count). The van der Waals surface area contributed by atoms with Crippen molar-refractivity contribution in [3.8, 4) is 0 Å². The minimum absolute atomic E-state index is 0.112. The molecule has 1 aromatic rings. The summed E-state index contributed by atoms with van der Waals surface area (Å²) in [4.78, 5) is 3.88. The van der Waals surface area contributed by atoms with Crippen molar-refractivity contribution in [2.24, 2.45) is 0 Å². The fourth-order valence-corrected chi connectivity index (χ4v) is 1.14. The van der Waals surface area contributed by atoms with Crippen molar-refractivity contribution < 1.29 is 9.50 Å². The lowest BCUT2D eigenvalue weighted by Gasteiger charge is -2.25. The number of nitrogens with zero attached hydrogens (tertiary/aromatic N) is 1. The molecule has 0 bridgehead atoms. The van der Waals surface area contributed by atoms with E-state index < -0.39 is 0 Å². The van der Waals surface area contributed by atoms with E-state index in [1.54, 1.807) is 6.07 Å². The molecule has 2 N–H and O–H groups in total. The monoisotopic (exact) mass is 198 g/mol. The molecule has 0 amide bonds. The number of hydrogen-bond acceptors (Lipinski definition) is 3. The van der Waals surface area contributed by atoms with Gasteiger partial charge in [-0.15, -0.1) is 0 Å². The predicted octanol–water partition coefficient (Wildman–Crippen LogP) is 1.79. The van der Waals surface area contributed by atoms with Gasteiger partial charge in [0, 0.05) is 12.1 Å². The van der Waals surface area contributed by atoms with Gasteiger partial charge in [0.1, 0.15) is 11.6 Å². The van der Waals surface area contributed by atoms with E-state index in [4.69, 9.17) is 5.11 Å². The van der Waals surface area contributed by atoms with E-state index in [1.165, 1.54) is 6.07 Å². The van der Waals surface area contributed by atoms with Crippen LogP contribution < -0.4 is 5.32 Å². The normalized spacial score (nSPS) is 11.4. The van der Waals surface area contributed by atoms with Crippen LogP contribution in [0.4, 0.5) is 10.2 Å². The molecule has 14 heavy (non-hydrogen) atoms. The summed E-state index contributed by atoms with van der Waals surface area (Å²) in [6.07, 6.45) is 1.78. The van der Waals surface area contributed by atoms with Crippen LogP contribution in [0.5, 0.6) is 0 Å². The number of aromatic nitrogens is 1. The van der Waals surface area contributed by atoms with E-state index in [9.17, 15) is 4.39 Å². The molecule has 0 aliphatic rings. The van der Waals surface area contributed by atoms with Crippen molar-refractivity contribution in [1.82, 2.24) is 4.98 Å². The minimum Gasteiger partial charge on any atom is -0.396 e. The predicted molar refractivity (Wildman–Crippen MR) is 53.6 cm³/mol. The Hall–Kier alpha value is -1.16. The lowest BCUT2D eigenvalue weighted by Crippen LogP contribution is -2.32. The van der Waals surface area contributed by atoms with Gasteiger partial charge in [-0.05, 0) is 32.4 Å². The minimum atomic E-state index is -0.351. The van der Waals surface area contributed by atoms with E-state index in [2.05, 4.69) is 10.3 Å². The zero-order valence-corrected chi connectivity index (χ0v) is 8.42. The summed E-state index contributed by atoms with van der Waals surface area (Å²) < 4.78 is 12.5. The zero-order chi connectivity index (χ0) is 10.6. The Morgan fingerprint density at radius 2 is 2.21 bits per heavy atom. The highest BCUT2D eigenvalue weighted by atomic mass is 19.1. The zero-order valence-electron chi connectivity index (χ0n) is 8.42. The Balaban J connectivity index is 2.64. The molecule has 1 aromatic heterocycles. The molecule has 0 aliphatic heterocycles. The van der Waals surface area contributed by atoms with Gasteiger partial charge < -0.3 is 10.4 Å². The summed E-state index contributed by atoms with van der Waals surface area (Å²) in [5.41, 5.74) is -0.237. The third-order valence-corrected chi connectivity index (χ3v) is 1.93. The smallest absolute Gasteiger partial charge is 0.141 e. The molecule has 0 atom stereocenters. The number of nitrogens with one attached hydrogen (secondary N) is 1. The Labute approximate surface area is 83.0 Å². The lowest BCUT2D eigenvalue weighted by molar-refractivity contribution is 0.260. The number of aliphatic hydroxyl groups excluding tert-OH is 1. The first-order chi connectivity index (χ1) is 6.53. The second-order valence-electron chi connectivity index (χ2n) is 3.84. The van der Waals surface area contributed by atoms with Crippen LogP contribution in [-0.2, 0) is 0 Å². The van der Waals surface area contributed by atoms with Crippen molar-refractivity contribution in [3.05, 3.63) is 24.1 Å². The van der Waals surface area contributed by atoms with Crippen LogP contribution in [0.1, 0.15) is 20.3 Å². The first-order valence-corrected chi connectivity index (χ1v) is 4.54. The van der Waals surface area contributed by atoms with Crippen molar-refractivity contribution in [3.63, 3.8) is 0 Å². The van der Waals surface area contributed by atoms with E-state index in [1.807, 2.05) is 13.8 Å². The van der Waals surface area contributed by atoms with Crippen LogP contribution in [0.3, 0.4) is 0 Å². The Morgan fingerprint density at radius 3 is 2.71 bits per heavy atom. The molecule has 0 aliphatic carbocycles. The van der Waals surface area contributed by atoms with E-state index in [0.717, 1.165) is 6.20 Å². The largest absolute Gasteiger partial charge is 0.396 e. The van der Waals surface area contributed by atoms with E-state index >= 15 is 0 Å². The van der Waals surface area contributed by atoms with Gasteiger partial charge in [0.2, 0.25) is 0 Å². The number of anilines is 1. The molecule has 0 aromatic carbocycles. The third-order valence-electron chi connectivity index (χ3n) is 1.93. The SMILES string of the molecule is CC(C)(CCO)Nc1ccc(F)cn1. The van der Waals surface area contributed by atoms with Crippen molar-refractivity contribution in [2.45, 2.75) is 25.8 Å². The van der Waals surface area contributed by atoms with Gasteiger partial charge in [-0.1, -0.05) is 0 Å². The van der Waals surface area contributed by atoms with Gasteiger partial charge in [-0.25, -0.2) is 9.37 Å². The molecular formula is C10H15FN2O. The average Bonchev–Trinajstić information content (AvgIpc) is 2.08. The van der Waals surface area contributed by atoms with Crippen LogP contribution in [0.15, 0.2) is 18.3 Å². The second-order valence-corrected chi connectivity index (χ2v) is 3.84. The van der Waals surface area contributed by atoms with E-state index in [-0.39, 0.29) is 18.0 Å². The van der Waals surface area contributed by atoms with Gasteiger partial charge >= 0.3 is 0 Å². The molecule has 1 heterocycles. The van der Waals surface area contributed by atoms with Gasteiger partial charge in [0.15, 0.2) is 0 Å². The first kappa shape index (κ1) is 10.9. The summed E-state index contributed by atoms with van der Waals surface area (Å²) in [6.45, 7) is 4.02. The highest BCUT2D eigenvalue weighted by molar-refractivity contribution is 5.36. The molecule has 0 saturated heterocycles. The lowest BCUT2D eigenvalue weighted by atomic mass is 10.0. The first-order valence-electron chi connectivity index (χ1n) is 4.54. The van der Waals surface area contributed by atoms with Gasteiger partial charge in [0.05, 0.1) is 6.20 Å². The Kier molecular flexibility index (Phi) is 3.41. The second kappa shape index (κ2) is 4.37. The fraction of sp³-hybridized carbons (Fsp3) is 0.500. The molecule has 0 spiro atoms. The maximum absolute atomic E-state index is 12.5. The number of pyridine rings is 1. The summed E-state index contributed by atoms with van der Waals surface area (Å²) >= 11 is 0. The summed E-state index contributed by atoms with van der Waals surface area (Å²) in [6, 6.07) is 2.93. The van der Waals surface area contributed by atoms with Crippen molar-refractivity contribution >= 4 is 5.82 Å². The fourth-order valence-electron chi connectivity index (χ4n) is 1.14. The quantitative estimate of drug-likeness (QED) is 0.775.